The van der Waals surface area contributed by atoms with Crippen molar-refractivity contribution in [3.8, 4) is 5.69 Å². The third-order valence-electron chi connectivity index (χ3n) is 2.57. The quantitative estimate of drug-likeness (QED) is 0.863. The number of nitrogens with two attached hydrogens (primary N) is 1. The zero-order valence-corrected chi connectivity index (χ0v) is 11.4. The Balaban J connectivity index is 0.00000180. The maximum atomic E-state index is 11.8. The van der Waals surface area contributed by atoms with E-state index in [4.69, 9.17) is 5.73 Å². The fraction of sp³-hybridized carbons (Fsp3) is 0.250. The number of hydrogen-bond donors (Lipinski definition) is 2. The highest BCUT2D eigenvalue weighted by Crippen LogP contribution is 2.13. The molecule has 1 aromatic heterocycles. The van der Waals surface area contributed by atoms with E-state index in [0.29, 0.717) is 18.7 Å². The Morgan fingerprint density at radius 1 is 1.47 bits per heavy atom. The van der Waals surface area contributed by atoms with Crippen molar-refractivity contribution in [3.05, 3.63) is 42.0 Å². The predicted octanol–water partition coefficient (Wildman–Crippen LogP) is 0.686. The number of aryl methyl sites for hydroxylation is 1. The number of carbonyl (C=O) groups is 1. The first-order valence-corrected chi connectivity index (χ1v) is 5.66. The van der Waals surface area contributed by atoms with Crippen LogP contribution in [0, 0.1) is 6.92 Å². The second kappa shape index (κ2) is 6.86. The second-order valence-corrected chi connectivity index (χ2v) is 3.88. The van der Waals surface area contributed by atoms with Crippen molar-refractivity contribution in [2.75, 3.05) is 13.1 Å². The Labute approximate surface area is 117 Å². The molecule has 3 N–H and O–H groups in total. The molecule has 0 unspecified atom stereocenters. The van der Waals surface area contributed by atoms with Crippen LogP contribution in [0.2, 0.25) is 0 Å². The van der Waals surface area contributed by atoms with Crippen LogP contribution in [0.4, 0.5) is 0 Å². The number of carbonyl (C=O) groups excluding carboxylic acids is 1. The summed E-state index contributed by atoms with van der Waals surface area (Å²) < 4.78 is 1.65. The Morgan fingerprint density at radius 3 is 2.84 bits per heavy atom. The van der Waals surface area contributed by atoms with Crippen LogP contribution in [0.5, 0.6) is 0 Å². The Morgan fingerprint density at radius 2 is 2.26 bits per heavy atom. The summed E-state index contributed by atoms with van der Waals surface area (Å²) in [6, 6.07) is 5.50. The average molecular weight is 282 g/mol. The molecule has 1 heterocycles. The van der Waals surface area contributed by atoms with Gasteiger partial charge >= 0.3 is 0 Å². The Bertz CT molecular complexity index is 541. The van der Waals surface area contributed by atoms with Crippen molar-refractivity contribution in [2.45, 2.75) is 6.92 Å². The van der Waals surface area contributed by atoms with Crippen LogP contribution < -0.4 is 11.1 Å². The van der Waals surface area contributed by atoms with Gasteiger partial charge in [-0.3, -0.25) is 4.79 Å². The summed E-state index contributed by atoms with van der Waals surface area (Å²) in [4.78, 5) is 15.7. The number of nitrogens with one attached hydrogen (secondary N) is 1. The lowest BCUT2D eigenvalue weighted by Crippen LogP contribution is -2.29. The molecule has 0 radical (unpaired) electrons. The van der Waals surface area contributed by atoms with Crippen LogP contribution >= 0.6 is 12.4 Å². The molecule has 1 amide bonds. The minimum atomic E-state index is -0.108. The summed E-state index contributed by atoms with van der Waals surface area (Å²) in [6.07, 6.45) is 3.08. The summed E-state index contributed by atoms with van der Waals surface area (Å²) >= 11 is 0. The molecule has 2 aromatic rings. The minimum Gasteiger partial charge on any atom is -0.351 e. The van der Waals surface area contributed by atoms with Gasteiger partial charge in [0.05, 0.1) is 5.69 Å². The predicted molar refractivity (Wildman–Crippen MR) is 74.7 cm³/mol. The molecule has 0 aliphatic carbocycles. The molecule has 0 atom stereocenters. The average Bonchev–Trinajstić information content (AvgIpc) is 2.89. The first-order valence-electron chi connectivity index (χ1n) is 5.66. The fourth-order valence-electron chi connectivity index (χ4n) is 1.67. The van der Waals surface area contributed by atoms with Crippen LogP contribution in [-0.2, 0) is 0 Å². The molecule has 1 aromatic carbocycles. The smallest absolute Gasteiger partial charge is 0.251 e. The zero-order chi connectivity index (χ0) is 13.0. The van der Waals surface area contributed by atoms with E-state index in [9.17, 15) is 4.79 Å². The van der Waals surface area contributed by atoms with E-state index in [1.807, 2.05) is 19.1 Å². The maximum Gasteiger partial charge on any atom is 0.251 e. The van der Waals surface area contributed by atoms with E-state index < -0.39 is 0 Å². The van der Waals surface area contributed by atoms with Gasteiger partial charge in [0.1, 0.15) is 12.7 Å². The van der Waals surface area contributed by atoms with Crippen LogP contribution in [-0.4, -0.2) is 33.8 Å². The highest BCUT2D eigenvalue weighted by atomic mass is 35.5. The highest BCUT2D eigenvalue weighted by molar-refractivity contribution is 5.95. The number of rotatable bonds is 4. The minimum absolute atomic E-state index is 0. The van der Waals surface area contributed by atoms with Gasteiger partial charge in [-0.1, -0.05) is 0 Å². The van der Waals surface area contributed by atoms with E-state index in [2.05, 4.69) is 15.4 Å². The SMILES string of the molecule is Cc1cc(-n2cncn2)ccc1C(=O)NCCN.Cl. The van der Waals surface area contributed by atoms with Gasteiger partial charge in [-0.2, -0.15) is 5.10 Å². The number of hydrogen-bond acceptors (Lipinski definition) is 4. The second-order valence-electron chi connectivity index (χ2n) is 3.88. The summed E-state index contributed by atoms with van der Waals surface area (Å²) in [5, 5.41) is 6.79. The molecular weight excluding hydrogens is 266 g/mol. The van der Waals surface area contributed by atoms with Crippen molar-refractivity contribution in [1.29, 1.82) is 0 Å². The van der Waals surface area contributed by atoms with Gasteiger partial charge in [0.25, 0.3) is 5.91 Å². The van der Waals surface area contributed by atoms with E-state index >= 15 is 0 Å². The lowest BCUT2D eigenvalue weighted by molar-refractivity contribution is 0.0954. The Hall–Kier alpha value is -1.92. The van der Waals surface area contributed by atoms with Gasteiger partial charge in [0.15, 0.2) is 0 Å². The highest BCUT2D eigenvalue weighted by Gasteiger charge is 2.09. The standard InChI is InChI=1S/C12H15N5O.ClH/c1-9-6-10(17-8-14-7-16-17)2-3-11(9)12(18)15-5-4-13;/h2-3,6-8H,4-5,13H2,1H3,(H,15,18);1H. The topological polar surface area (TPSA) is 85.8 Å². The first-order chi connectivity index (χ1) is 8.72. The summed E-state index contributed by atoms with van der Waals surface area (Å²) in [5.41, 5.74) is 7.76. The zero-order valence-electron chi connectivity index (χ0n) is 10.5. The summed E-state index contributed by atoms with van der Waals surface area (Å²) in [7, 11) is 0. The van der Waals surface area contributed by atoms with Gasteiger partial charge in [-0.15, -0.1) is 12.4 Å². The van der Waals surface area contributed by atoms with Crippen molar-refractivity contribution < 1.29 is 4.79 Å². The third kappa shape index (κ3) is 3.52. The number of benzene rings is 1. The normalized spacial score (nSPS) is 9.79. The largest absolute Gasteiger partial charge is 0.351 e. The molecule has 0 saturated heterocycles. The molecule has 0 aliphatic rings. The first kappa shape index (κ1) is 15.1. The third-order valence-corrected chi connectivity index (χ3v) is 2.57. The molecule has 0 saturated carbocycles. The van der Waals surface area contributed by atoms with Gasteiger partial charge in [-0.05, 0) is 30.7 Å². The molecule has 7 heteroatoms. The molecule has 0 bridgehead atoms. The molecular formula is C12H16ClN5O. The molecule has 102 valence electrons. The molecule has 0 spiro atoms. The lowest BCUT2D eigenvalue weighted by atomic mass is 10.1. The van der Waals surface area contributed by atoms with E-state index in [1.165, 1.54) is 6.33 Å². The number of nitrogens with zero attached hydrogens (tertiary/aromatic N) is 3. The monoisotopic (exact) mass is 281 g/mol. The number of aromatic nitrogens is 3. The van der Waals surface area contributed by atoms with E-state index in [0.717, 1.165) is 11.3 Å². The van der Waals surface area contributed by atoms with Crippen molar-refractivity contribution in [3.63, 3.8) is 0 Å². The maximum absolute atomic E-state index is 11.8. The van der Waals surface area contributed by atoms with Gasteiger partial charge < -0.3 is 11.1 Å². The molecule has 6 nitrogen and oxygen atoms in total. The van der Waals surface area contributed by atoms with Crippen molar-refractivity contribution in [2.24, 2.45) is 5.73 Å². The molecule has 0 aliphatic heterocycles. The van der Waals surface area contributed by atoms with Crippen molar-refractivity contribution >= 4 is 18.3 Å². The molecule has 0 fully saturated rings. The summed E-state index contributed by atoms with van der Waals surface area (Å²) in [5.74, 6) is -0.108. The Kier molecular flexibility index (Phi) is 5.47. The van der Waals surface area contributed by atoms with Gasteiger partial charge in [0.2, 0.25) is 0 Å². The van der Waals surface area contributed by atoms with Gasteiger partial charge in [0, 0.05) is 18.7 Å². The molecule has 2 rings (SSSR count). The van der Waals surface area contributed by atoms with Crippen LogP contribution in [0.25, 0.3) is 5.69 Å². The van der Waals surface area contributed by atoms with Crippen LogP contribution in [0.1, 0.15) is 15.9 Å². The fourth-order valence-corrected chi connectivity index (χ4v) is 1.67. The lowest BCUT2D eigenvalue weighted by Gasteiger charge is -2.08. The number of amides is 1. The van der Waals surface area contributed by atoms with Crippen LogP contribution in [0.3, 0.4) is 0 Å². The molecule has 19 heavy (non-hydrogen) atoms. The summed E-state index contributed by atoms with van der Waals surface area (Å²) in [6.45, 7) is 2.79. The number of halogens is 1. The van der Waals surface area contributed by atoms with E-state index in [1.54, 1.807) is 17.1 Å². The van der Waals surface area contributed by atoms with Crippen LogP contribution in [0.15, 0.2) is 30.9 Å². The van der Waals surface area contributed by atoms with E-state index in [-0.39, 0.29) is 18.3 Å². The van der Waals surface area contributed by atoms with Gasteiger partial charge in [-0.25, -0.2) is 9.67 Å². The van der Waals surface area contributed by atoms with Crippen molar-refractivity contribution in [1.82, 2.24) is 20.1 Å².